The highest BCUT2D eigenvalue weighted by molar-refractivity contribution is 5.78. The van der Waals surface area contributed by atoms with Crippen molar-refractivity contribution in [3.63, 3.8) is 0 Å². The number of hydrogen-bond donors (Lipinski definition) is 1. The molecule has 2 N–H and O–H groups in total. The SMILES string of the molecule is COC1CN(c2nc3cc(N)ccc3o2)CCC1C. The van der Waals surface area contributed by atoms with Crippen molar-refractivity contribution < 1.29 is 9.15 Å². The van der Waals surface area contributed by atoms with E-state index in [0.29, 0.717) is 17.6 Å². The van der Waals surface area contributed by atoms with E-state index < -0.39 is 0 Å². The standard InChI is InChI=1S/C14H19N3O2/c1-9-5-6-17(8-13(9)18-2)14-16-11-7-10(15)3-4-12(11)19-14/h3-4,7,9,13H,5-6,8,15H2,1-2H3. The lowest BCUT2D eigenvalue weighted by atomic mass is 9.96. The van der Waals surface area contributed by atoms with E-state index in [1.807, 2.05) is 18.2 Å². The Bertz CT molecular complexity index is 581. The van der Waals surface area contributed by atoms with Gasteiger partial charge in [0, 0.05) is 25.9 Å². The molecule has 3 rings (SSSR count). The summed E-state index contributed by atoms with van der Waals surface area (Å²) in [5.41, 5.74) is 8.04. The van der Waals surface area contributed by atoms with Crippen LogP contribution in [-0.2, 0) is 4.74 Å². The Balaban J connectivity index is 1.87. The Labute approximate surface area is 112 Å². The number of benzene rings is 1. The van der Waals surface area contributed by atoms with Gasteiger partial charge < -0.3 is 19.8 Å². The van der Waals surface area contributed by atoms with Crippen LogP contribution in [-0.4, -0.2) is 31.3 Å². The minimum absolute atomic E-state index is 0.230. The number of anilines is 2. The summed E-state index contributed by atoms with van der Waals surface area (Å²) in [6.45, 7) is 3.99. The molecule has 5 nitrogen and oxygen atoms in total. The predicted molar refractivity (Wildman–Crippen MR) is 75.2 cm³/mol. The van der Waals surface area contributed by atoms with Gasteiger partial charge in [0.15, 0.2) is 5.58 Å². The maximum atomic E-state index is 5.79. The lowest BCUT2D eigenvalue weighted by Crippen LogP contribution is -2.44. The first-order valence-electron chi connectivity index (χ1n) is 6.61. The van der Waals surface area contributed by atoms with E-state index in [-0.39, 0.29) is 6.10 Å². The van der Waals surface area contributed by atoms with Crippen LogP contribution in [0.15, 0.2) is 22.6 Å². The predicted octanol–water partition coefficient (Wildman–Crippen LogP) is 2.27. The molecule has 1 aromatic heterocycles. The number of fused-ring (bicyclic) bond motifs is 1. The molecule has 1 aromatic carbocycles. The zero-order chi connectivity index (χ0) is 13.4. The molecule has 1 aliphatic rings. The Hall–Kier alpha value is -1.75. The zero-order valence-electron chi connectivity index (χ0n) is 11.3. The summed E-state index contributed by atoms with van der Waals surface area (Å²) in [7, 11) is 1.76. The number of aromatic nitrogens is 1. The number of rotatable bonds is 2. The van der Waals surface area contributed by atoms with Crippen LogP contribution in [0.3, 0.4) is 0 Å². The lowest BCUT2D eigenvalue weighted by Gasteiger charge is -2.35. The molecule has 5 heteroatoms. The van der Waals surface area contributed by atoms with Crippen LogP contribution in [0.2, 0.25) is 0 Å². The average molecular weight is 261 g/mol. The molecule has 0 radical (unpaired) electrons. The van der Waals surface area contributed by atoms with Crippen molar-refractivity contribution in [3.8, 4) is 0 Å². The van der Waals surface area contributed by atoms with E-state index >= 15 is 0 Å². The van der Waals surface area contributed by atoms with Crippen LogP contribution in [0.4, 0.5) is 11.7 Å². The topological polar surface area (TPSA) is 64.5 Å². The quantitative estimate of drug-likeness (QED) is 0.840. The highest BCUT2D eigenvalue weighted by Crippen LogP contribution is 2.28. The second-order valence-corrected chi connectivity index (χ2v) is 5.21. The molecular formula is C14H19N3O2. The number of nitrogens with two attached hydrogens (primary N) is 1. The number of nitrogen functional groups attached to an aromatic ring is 1. The number of oxazole rings is 1. The molecule has 19 heavy (non-hydrogen) atoms. The average Bonchev–Trinajstić information content (AvgIpc) is 2.82. The summed E-state index contributed by atoms with van der Waals surface area (Å²) >= 11 is 0. The van der Waals surface area contributed by atoms with Crippen molar-refractivity contribution in [3.05, 3.63) is 18.2 Å². The van der Waals surface area contributed by atoms with Gasteiger partial charge in [-0.3, -0.25) is 0 Å². The van der Waals surface area contributed by atoms with Gasteiger partial charge in [0.1, 0.15) is 5.52 Å². The van der Waals surface area contributed by atoms with Gasteiger partial charge >= 0.3 is 0 Å². The maximum absolute atomic E-state index is 5.79. The van der Waals surface area contributed by atoms with Crippen LogP contribution >= 0.6 is 0 Å². The van der Waals surface area contributed by atoms with E-state index in [9.17, 15) is 0 Å². The summed E-state index contributed by atoms with van der Waals surface area (Å²) in [5, 5.41) is 0. The van der Waals surface area contributed by atoms with Crippen molar-refractivity contribution in [1.82, 2.24) is 4.98 Å². The molecule has 0 aliphatic carbocycles. The molecule has 102 valence electrons. The number of methoxy groups -OCH3 is 1. The highest BCUT2D eigenvalue weighted by Gasteiger charge is 2.28. The third kappa shape index (κ3) is 2.26. The minimum Gasteiger partial charge on any atom is -0.423 e. The summed E-state index contributed by atoms with van der Waals surface area (Å²) in [5.74, 6) is 0.571. The number of ether oxygens (including phenoxy) is 1. The zero-order valence-corrected chi connectivity index (χ0v) is 11.3. The Morgan fingerprint density at radius 3 is 3.11 bits per heavy atom. The summed E-state index contributed by atoms with van der Waals surface area (Å²) in [6.07, 6.45) is 1.31. The Morgan fingerprint density at radius 2 is 2.32 bits per heavy atom. The molecule has 1 aliphatic heterocycles. The first-order valence-corrected chi connectivity index (χ1v) is 6.61. The highest BCUT2D eigenvalue weighted by atomic mass is 16.5. The largest absolute Gasteiger partial charge is 0.423 e. The molecular weight excluding hydrogens is 242 g/mol. The number of piperidine rings is 1. The molecule has 0 bridgehead atoms. The molecule has 0 amide bonds. The first kappa shape index (κ1) is 12.3. The van der Waals surface area contributed by atoms with E-state index in [4.69, 9.17) is 14.9 Å². The van der Waals surface area contributed by atoms with Crippen LogP contribution in [0, 0.1) is 5.92 Å². The molecule has 2 aromatic rings. The fourth-order valence-corrected chi connectivity index (χ4v) is 2.58. The van der Waals surface area contributed by atoms with Gasteiger partial charge in [-0.2, -0.15) is 4.98 Å². The van der Waals surface area contributed by atoms with Crippen LogP contribution in [0.5, 0.6) is 0 Å². The van der Waals surface area contributed by atoms with E-state index in [2.05, 4.69) is 16.8 Å². The second-order valence-electron chi connectivity index (χ2n) is 5.21. The van der Waals surface area contributed by atoms with E-state index in [1.54, 1.807) is 7.11 Å². The fourth-order valence-electron chi connectivity index (χ4n) is 2.58. The van der Waals surface area contributed by atoms with Gasteiger partial charge in [-0.1, -0.05) is 6.92 Å². The van der Waals surface area contributed by atoms with Crippen LogP contribution in [0.1, 0.15) is 13.3 Å². The smallest absolute Gasteiger partial charge is 0.298 e. The summed E-state index contributed by atoms with van der Waals surface area (Å²) < 4.78 is 11.3. The molecule has 2 atom stereocenters. The molecule has 0 saturated carbocycles. The van der Waals surface area contributed by atoms with Gasteiger partial charge in [-0.05, 0) is 30.5 Å². The first-order chi connectivity index (χ1) is 9.17. The minimum atomic E-state index is 0.230. The molecule has 2 heterocycles. The van der Waals surface area contributed by atoms with E-state index in [0.717, 1.165) is 30.6 Å². The summed E-state index contributed by atoms with van der Waals surface area (Å²) in [6, 6.07) is 6.19. The van der Waals surface area contributed by atoms with Gasteiger partial charge in [-0.25, -0.2) is 0 Å². The van der Waals surface area contributed by atoms with Crippen molar-refractivity contribution in [2.45, 2.75) is 19.4 Å². The normalized spacial score (nSPS) is 24.0. The van der Waals surface area contributed by atoms with Crippen molar-refractivity contribution in [2.75, 3.05) is 30.8 Å². The van der Waals surface area contributed by atoms with Crippen molar-refractivity contribution in [2.24, 2.45) is 5.92 Å². The maximum Gasteiger partial charge on any atom is 0.298 e. The Kier molecular flexibility index (Phi) is 3.06. The third-order valence-electron chi connectivity index (χ3n) is 3.86. The second kappa shape index (κ2) is 4.74. The van der Waals surface area contributed by atoms with Crippen LogP contribution in [0.25, 0.3) is 11.1 Å². The van der Waals surface area contributed by atoms with Gasteiger partial charge in [-0.15, -0.1) is 0 Å². The molecule has 1 saturated heterocycles. The number of nitrogens with zero attached hydrogens (tertiary/aromatic N) is 2. The third-order valence-corrected chi connectivity index (χ3v) is 3.86. The molecule has 1 fully saturated rings. The number of hydrogen-bond acceptors (Lipinski definition) is 5. The van der Waals surface area contributed by atoms with E-state index in [1.165, 1.54) is 0 Å². The lowest BCUT2D eigenvalue weighted by molar-refractivity contribution is 0.0486. The molecule has 0 spiro atoms. The van der Waals surface area contributed by atoms with Gasteiger partial charge in [0.25, 0.3) is 6.01 Å². The van der Waals surface area contributed by atoms with Gasteiger partial charge in [0.05, 0.1) is 6.10 Å². The summed E-state index contributed by atoms with van der Waals surface area (Å²) in [4.78, 5) is 6.66. The van der Waals surface area contributed by atoms with Crippen molar-refractivity contribution in [1.29, 1.82) is 0 Å². The monoisotopic (exact) mass is 261 g/mol. The van der Waals surface area contributed by atoms with Crippen molar-refractivity contribution >= 4 is 22.8 Å². The van der Waals surface area contributed by atoms with Gasteiger partial charge in [0.2, 0.25) is 0 Å². The van der Waals surface area contributed by atoms with Crippen LogP contribution < -0.4 is 10.6 Å². The molecule has 2 unspecified atom stereocenters. The Morgan fingerprint density at radius 1 is 1.47 bits per heavy atom. The fraction of sp³-hybridized carbons (Fsp3) is 0.500.